The Labute approximate surface area is 188 Å². The van der Waals surface area contributed by atoms with Crippen LogP contribution in [0.4, 0.5) is 5.69 Å². The summed E-state index contributed by atoms with van der Waals surface area (Å²) in [5.41, 5.74) is 1.37. The number of rotatable bonds is 3. The van der Waals surface area contributed by atoms with Crippen LogP contribution in [0.1, 0.15) is 58.3 Å². The number of aliphatic hydroxyl groups is 1. The Bertz CT molecular complexity index is 1020. The van der Waals surface area contributed by atoms with Crippen LogP contribution >= 0.6 is 0 Å². The van der Waals surface area contributed by atoms with E-state index in [0.29, 0.717) is 29.4 Å². The molecular formula is C26H30N2O4. The molecule has 6 nitrogen and oxygen atoms in total. The van der Waals surface area contributed by atoms with Crippen LogP contribution in [0.15, 0.2) is 41.1 Å². The molecule has 3 fully saturated rings. The molecule has 6 atom stereocenters. The SMILES string of the molecule is C#CC1(O)CC[C@H]2[C@@H]3CCC4=C/C(=N\Oc5ccc([N+](=O)[O-])cc5)CC[C@@H]4[C@H]3CC[C@@]21C. The molecule has 0 saturated heterocycles. The molecular weight excluding hydrogens is 404 g/mol. The van der Waals surface area contributed by atoms with Crippen molar-refractivity contribution in [2.45, 2.75) is 63.9 Å². The van der Waals surface area contributed by atoms with Gasteiger partial charge in [0.05, 0.1) is 10.6 Å². The number of nitrogens with zero attached hydrogens (tertiary/aromatic N) is 2. The minimum atomic E-state index is -0.944. The van der Waals surface area contributed by atoms with E-state index in [2.05, 4.69) is 24.1 Å². The number of allylic oxidation sites excluding steroid dienone is 2. The van der Waals surface area contributed by atoms with Crippen molar-refractivity contribution in [3.8, 4) is 18.1 Å². The van der Waals surface area contributed by atoms with Gasteiger partial charge in [0.2, 0.25) is 0 Å². The van der Waals surface area contributed by atoms with Crippen molar-refractivity contribution in [3.63, 3.8) is 0 Å². The first-order valence-corrected chi connectivity index (χ1v) is 11.7. The lowest BCUT2D eigenvalue weighted by molar-refractivity contribution is -0.384. The summed E-state index contributed by atoms with van der Waals surface area (Å²) in [7, 11) is 0. The van der Waals surface area contributed by atoms with Gasteiger partial charge in [0, 0.05) is 17.5 Å². The Morgan fingerprint density at radius 1 is 1.16 bits per heavy atom. The molecule has 0 aromatic heterocycles. The van der Waals surface area contributed by atoms with Crippen LogP contribution in [-0.4, -0.2) is 21.3 Å². The third kappa shape index (κ3) is 3.26. The maximum Gasteiger partial charge on any atom is 0.269 e. The van der Waals surface area contributed by atoms with Crippen LogP contribution in [-0.2, 0) is 0 Å². The number of benzene rings is 1. The largest absolute Gasteiger partial charge is 0.377 e. The van der Waals surface area contributed by atoms with Crippen molar-refractivity contribution < 1.29 is 14.9 Å². The number of hydrogen-bond donors (Lipinski definition) is 1. The molecule has 5 rings (SSSR count). The molecule has 168 valence electrons. The highest BCUT2D eigenvalue weighted by molar-refractivity contribution is 5.96. The fourth-order valence-electron chi connectivity index (χ4n) is 7.26. The maximum atomic E-state index is 11.1. The van der Waals surface area contributed by atoms with Crippen molar-refractivity contribution in [1.29, 1.82) is 0 Å². The number of nitro groups is 1. The van der Waals surface area contributed by atoms with Gasteiger partial charge in [0.15, 0.2) is 5.75 Å². The summed E-state index contributed by atoms with van der Waals surface area (Å²) in [5, 5.41) is 26.2. The minimum Gasteiger partial charge on any atom is -0.377 e. The second kappa shape index (κ2) is 7.74. The van der Waals surface area contributed by atoms with Gasteiger partial charge in [0.1, 0.15) is 5.60 Å². The summed E-state index contributed by atoms with van der Waals surface area (Å²) in [5.74, 6) is 5.69. The fourth-order valence-corrected chi connectivity index (χ4v) is 7.26. The van der Waals surface area contributed by atoms with E-state index in [9.17, 15) is 15.2 Å². The number of terminal acetylenes is 1. The third-order valence-electron chi connectivity index (χ3n) is 9.02. The summed E-state index contributed by atoms with van der Waals surface area (Å²) in [6, 6.07) is 5.99. The standard InChI is InChI=1S/C26H30N2O4/c1-3-26(29)15-13-24-23-10-4-17-16-18(5-11-21(17)22(23)12-14-25(24,26)2)27-32-20-8-6-19(7-9-20)28(30)31/h1,6-9,16,21-24,29H,4-5,10-15H2,2H3/b27-18-/t21-,22+,23+,24-,25-,26?/m0/s1. The predicted octanol–water partition coefficient (Wildman–Crippen LogP) is 5.27. The van der Waals surface area contributed by atoms with Crippen molar-refractivity contribution in [1.82, 2.24) is 0 Å². The summed E-state index contributed by atoms with van der Waals surface area (Å²) in [6.45, 7) is 2.23. The van der Waals surface area contributed by atoms with Crippen molar-refractivity contribution in [3.05, 3.63) is 46.0 Å². The van der Waals surface area contributed by atoms with E-state index in [1.165, 1.54) is 17.7 Å². The molecule has 4 aliphatic carbocycles. The molecule has 0 bridgehead atoms. The molecule has 32 heavy (non-hydrogen) atoms. The quantitative estimate of drug-likeness (QED) is 0.399. The topological polar surface area (TPSA) is 85.0 Å². The molecule has 1 unspecified atom stereocenters. The normalized spacial score (nSPS) is 39.3. The fraction of sp³-hybridized carbons (Fsp3) is 0.577. The van der Waals surface area contributed by atoms with Gasteiger partial charge in [-0.1, -0.05) is 23.6 Å². The van der Waals surface area contributed by atoms with Gasteiger partial charge in [0.25, 0.3) is 5.69 Å². The first kappa shape index (κ1) is 21.2. The number of nitro benzene ring substituents is 1. The van der Waals surface area contributed by atoms with E-state index in [-0.39, 0.29) is 11.1 Å². The summed E-state index contributed by atoms with van der Waals surface area (Å²) in [6.07, 6.45) is 16.1. The van der Waals surface area contributed by atoms with Crippen molar-refractivity contribution in [2.75, 3.05) is 0 Å². The first-order valence-electron chi connectivity index (χ1n) is 11.7. The van der Waals surface area contributed by atoms with Crippen LogP contribution in [0.2, 0.25) is 0 Å². The third-order valence-corrected chi connectivity index (χ3v) is 9.02. The van der Waals surface area contributed by atoms with Crippen LogP contribution in [0.3, 0.4) is 0 Å². The average molecular weight is 435 g/mol. The number of hydrogen-bond acceptors (Lipinski definition) is 5. The highest BCUT2D eigenvalue weighted by atomic mass is 16.6. The molecule has 0 aliphatic heterocycles. The Hall–Kier alpha value is -2.65. The first-order chi connectivity index (χ1) is 15.3. The van der Waals surface area contributed by atoms with E-state index in [4.69, 9.17) is 11.3 Å². The molecule has 0 heterocycles. The molecule has 1 aromatic carbocycles. The van der Waals surface area contributed by atoms with E-state index in [0.717, 1.165) is 57.1 Å². The lowest BCUT2D eigenvalue weighted by Gasteiger charge is -2.54. The van der Waals surface area contributed by atoms with Gasteiger partial charge in [-0.2, -0.15) is 0 Å². The smallest absolute Gasteiger partial charge is 0.269 e. The highest BCUT2D eigenvalue weighted by Gasteiger charge is 2.61. The van der Waals surface area contributed by atoms with Crippen LogP contribution in [0, 0.1) is 51.5 Å². The lowest BCUT2D eigenvalue weighted by Crippen LogP contribution is -2.52. The molecule has 6 heteroatoms. The molecule has 0 spiro atoms. The molecule has 1 aromatic rings. The van der Waals surface area contributed by atoms with Crippen molar-refractivity contribution >= 4 is 11.4 Å². The molecule has 3 saturated carbocycles. The van der Waals surface area contributed by atoms with Gasteiger partial charge >= 0.3 is 0 Å². The van der Waals surface area contributed by atoms with Gasteiger partial charge < -0.3 is 9.94 Å². The molecule has 0 amide bonds. The minimum absolute atomic E-state index is 0.0379. The molecule has 4 aliphatic rings. The van der Waals surface area contributed by atoms with Crippen LogP contribution < -0.4 is 4.84 Å². The van der Waals surface area contributed by atoms with Gasteiger partial charge in [-0.25, -0.2) is 0 Å². The van der Waals surface area contributed by atoms with E-state index < -0.39 is 10.5 Å². The number of fused-ring (bicyclic) bond motifs is 5. The monoisotopic (exact) mass is 434 g/mol. The second-order valence-electron chi connectivity index (χ2n) is 10.3. The highest BCUT2D eigenvalue weighted by Crippen LogP contribution is 2.64. The molecule has 0 radical (unpaired) electrons. The van der Waals surface area contributed by atoms with E-state index in [1.54, 1.807) is 12.1 Å². The Kier molecular flexibility index (Phi) is 5.13. The second-order valence-corrected chi connectivity index (χ2v) is 10.3. The molecule has 1 N–H and O–H groups in total. The van der Waals surface area contributed by atoms with E-state index in [1.807, 2.05) is 0 Å². The van der Waals surface area contributed by atoms with E-state index >= 15 is 0 Å². The number of oxime groups is 1. The van der Waals surface area contributed by atoms with Crippen molar-refractivity contribution in [2.24, 2.45) is 34.2 Å². The summed E-state index contributed by atoms with van der Waals surface area (Å²) < 4.78 is 0. The van der Waals surface area contributed by atoms with Crippen LogP contribution in [0.5, 0.6) is 5.75 Å². The number of non-ortho nitro benzene ring substituents is 1. The van der Waals surface area contributed by atoms with Crippen LogP contribution in [0.25, 0.3) is 0 Å². The predicted molar refractivity (Wildman–Crippen MR) is 122 cm³/mol. The lowest BCUT2D eigenvalue weighted by atomic mass is 9.50. The van der Waals surface area contributed by atoms with Gasteiger partial charge in [-0.15, -0.1) is 6.42 Å². The zero-order valence-corrected chi connectivity index (χ0v) is 18.5. The maximum absolute atomic E-state index is 11.1. The average Bonchev–Trinajstić information content (AvgIpc) is 3.08. The van der Waals surface area contributed by atoms with Gasteiger partial charge in [-0.3, -0.25) is 10.1 Å². The van der Waals surface area contributed by atoms with Gasteiger partial charge in [-0.05, 0) is 93.2 Å². The Balaban J connectivity index is 1.29. The Morgan fingerprint density at radius 2 is 1.94 bits per heavy atom. The Morgan fingerprint density at radius 3 is 2.66 bits per heavy atom. The zero-order valence-electron chi connectivity index (χ0n) is 18.5. The summed E-state index contributed by atoms with van der Waals surface area (Å²) >= 11 is 0. The zero-order chi connectivity index (χ0) is 22.5. The summed E-state index contributed by atoms with van der Waals surface area (Å²) in [4.78, 5) is 15.9.